The number of halogens is 1. The minimum Gasteiger partial charge on any atom is -0.455 e. The third-order valence-corrected chi connectivity index (χ3v) is 9.09. The van der Waals surface area contributed by atoms with Crippen molar-refractivity contribution in [3.63, 3.8) is 0 Å². The second kappa shape index (κ2) is 14.8. The van der Waals surface area contributed by atoms with Crippen LogP contribution in [-0.2, 0) is 22.6 Å². The Kier molecular flexibility index (Phi) is 10.8. The molecule has 47 heavy (non-hydrogen) atoms. The summed E-state index contributed by atoms with van der Waals surface area (Å²) in [4.78, 5) is 41.8. The number of β-amino-alcohol motifs (C(OH)–C–C–N with tert-alkyl or cyclic N) is 1. The Morgan fingerprint density at radius 2 is 1.85 bits per heavy atom. The first-order valence-electron chi connectivity index (χ1n) is 15.8. The molecule has 2 atom stereocenters. The number of rotatable bonds is 12. The zero-order chi connectivity index (χ0) is 33.7. The monoisotopic (exact) mass is 704 g/mol. The van der Waals surface area contributed by atoms with Crippen LogP contribution < -0.4 is 20.9 Å². The van der Waals surface area contributed by atoms with Crippen LogP contribution in [0.4, 0.5) is 5.69 Å². The van der Waals surface area contributed by atoms with E-state index >= 15 is 0 Å². The van der Waals surface area contributed by atoms with E-state index in [4.69, 9.17) is 9.52 Å². The highest BCUT2D eigenvalue weighted by Crippen LogP contribution is 2.40. The van der Waals surface area contributed by atoms with E-state index in [1.54, 1.807) is 11.0 Å². The van der Waals surface area contributed by atoms with E-state index < -0.39 is 17.7 Å². The number of aliphatic hydroxyl groups is 2. The number of aliphatic hydroxyl groups excluding tert-OH is 2. The lowest BCUT2D eigenvalue weighted by Crippen LogP contribution is -2.51. The van der Waals surface area contributed by atoms with Crippen molar-refractivity contribution < 1.29 is 29.0 Å². The molecule has 0 unspecified atom stereocenters. The summed E-state index contributed by atoms with van der Waals surface area (Å²) in [5, 5.41) is 28.6. The van der Waals surface area contributed by atoms with Crippen LogP contribution in [0.1, 0.15) is 55.1 Å². The van der Waals surface area contributed by atoms with Gasteiger partial charge in [0.25, 0.3) is 5.91 Å². The molecule has 3 aromatic carbocycles. The number of carbonyl (C=O) groups excluding carboxylic acids is 3. The van der Waals surface area contributed by atoms with E-state index in [-0.39, 0.29) is 43.8 Å². The highest BCUT2D eigenvalue weighted by atomic mass is 79.9. The van der Waals surface area contributed by atoms with Crippen molar-refractivity contribution >= 4 is 50.3 Å². The van der Waals surface area contributed by atoms with Crippen LogP contribution in [0.5, 0.6) is 0 Å². The van der Waals surface area contributed by atoms with E-state index in [2.05, 4.69) is 31.9 Å². The first-order chi connectivity index (χ1) is 22.5. The molecule has 1 aromatic heterocycles. The number of furan rings is 1. The first-order valence-corrected chi connectivity index (χ1v) is 16.6. The summed E-state index contributed by atoms with van der Waals surface area (Å²) in [6, 6.07) is 20.1. The van der Waals surface area contributed by atoms with Crippen LogP contribution in [0.3, 0.4) is 0 Å². The number of hydrogen-bond donors (Lipinski definition) is 5. The van der Waals surface area contributed by atoms with Gasteiger partial charge in [-0.2, -0.15) is 0 Å². The van der Waals surface area contributed by atoms with Gasteiger partial charge in [-0.25, -0.2) is 0 Å². The molecule has 1 aliphatic heterocycles. The summed E-state index contributed by atoms with van der Waals surface area (Å²) in [5.74, 6) is -0.125. The molecule has 10 nitrogen and oxygen atoms in total. The lowest BCUT2D eigenvalue weighted by atomic mass is 9.99. The Labute approximate surface area is 282 Å². The van der Waals surface area contributed by atoms with E-state index in [9.17, 15) is 19.5 Å². The second-order valence-corrected chi connectivity index (χ2v) is 13.3. The van der Waals surface area contributed by atoms with Gasteiger partial charge in [0.15, 0.2) is 0 Å². The van der Waals surface area contributed by atoms with Crippen LogP contribution in [-0.4, -0.2) is 65.3 Å². The Bertz CT molecular complexity index is 1770. The normalized spacial score (nSPS) is 15.7. The molecular weight excluding hydrogens is 664 g/mol. The van der Waals surface area contributed by atoms with E-state index in [1.165, 1.54) is 0 Å². The Morgan fingerprint density at radius 1 is 1.11 bits per heavy atom. The van der Waals surface area contributed by atoms with Gasteiger partial charge in [0, 0.05) is 41.7 Å². The van der Waals surface area contributed by atoms with Gasteiger partial charge in [-0.15, -0.1) is 0 Å². The molecule has 4 aromatic rings. The molecule has 1 aliphatic rings. The van der Waals surface area contributed by atoms with Gasteiger partial charge < -0.3 is 35.5 Å². The maximum Gasteiger partial charge on any atom is 0.252 e. The largest absolute Gasteiger partial charge is 0.455 e. The number of amides is 3. The summed E-state index contributed by atoms with van der Waals surface area (Å²) >= 11 is 3.72. The van der Waals surface area contributed by atoms with Crippen molar-refractivity contribution in [1.29, 1.82) is 0 Å². The predicted octanol–water partition coefficient (Wildman–Crippen LogP) is 4.69. The van der Waals surface area contributed by atoms with Gasteiger partial charge in [-0.3, -0.25) is 14.4 Å². The Morgan fingerprint density at radius 3 is 2.62 bits per heavy atom. The van der Waals surface area contributed by atoms with Crippen LogP contribution in [0.15, 0.2) is 75.6 Å². The third-order valence-electron chi connectivity index (χ3n) is 8.30. The first kappa shape index (κ1) is 34.3. The van der Waals surface area contributed by atoms with Crippen LogP contribution in [0.2, 0.25) is 0 Å². The zero-order valence-electron chi connectivity index (χ0n) is 26.8. The number of para-hydroxylation sites is 1. The van der Waals surface area contributed by atoms with Gasteiger partial charge >= 0.3 is 0 Å². The number of fused-ring (bicyclic) bond motifs is 2. The summed E-state index contributed by atoms with van der Waals surface area (Å²) in [6.45, 7) is 6.08. The fraction of sp³-hybridized carbons (Fsp3) is 0.361. The van der Waals surface area contributed by atoms with E-state index in [0.717, 1.165) is 22.2 Å². The van der Waals surface area contributed by atoms with Crippen molar-refractivity contribution in [2.75, 3.05) is 24.6 Å². The molecule has 0 saturated heterocycles. The molecule has 2 heterocycles. The van der Waals surface area contributed by atoms with Gasteiger partial charge in [0.2, 0.25) is 11.8 Å². The minimum absolute atomic E-state index is 0.0820. The number of nitrogens with zero attached hydrogens (tertiary/aromatic N) is 1. The SMILES string of the molecule is CCNC(=O)c1ccccc1-c1oc2ccc(CN3C(=O)[C@H](NC(=O)CC(C)(C)NC[C@H](O)CO)CCc4ccccc43)cc2c1Br. The van der Waals surface area contributed by atoms with E-state index in [1.807, 2.05) is 81.4 Å². The highest BCUT2D eigenvalue weighted by Gasteiger charge is 2.33. The molecule has 11 heteroatoms. The smallest absolute Gasteiger partial charge is 0.252 e. The lowest BCUT2D eigenvalue weighted by Gasteiger charge is -2.29. The topological polar surface area (TPSA) is 144 Å². The van der Waals surface area contributed by atoms with Crippen molar-refractivity contribution in [2.24, 2.45) is 0 Å². The molecule has 0 aliphatic carbocycles. The van der Waals surface area contributed by atoms with Crippen LogP contribution >= 0.6 is 15.9 Å². The fourth-order valence-corrected chi connectivity index (χ4v) is 6.49. The van der Waals surface area contributed by atoms with Crippen LogP contribution in [0, 0.1) is 0 Å². The van der Waals surface area contributed by atoms with Crippen LogP contribution in [0.25, 0.3) is 22.3 Å². The molecule has 0 bridgehead atoms. The number of benzene rings is 3. The maximum atomic E-state index is 14.1. The summed E-state index contributed by atoms with van der Waals surface area (Å²) in [6.07, 6.45) is 0.229. The molecule has 0 saturated carbocycles. The molecular formula is C36H41BrN4O6. The summed E-state index contributed by atoms with van der Waals surface area (Å²) in [7, 11) is 0. The third kappa shape index (κ3) is 7.93. The molecule has 3 amide bonds. The Hall–Kier alpha value is -4.03. The van der Waals surface area contributed by atoms with Crippen molar-refractivity contribution in [3.8, 4) is 11.3 Å². The van der Waals surface area contributed by atoms with Gasteiger partial charge in [0.05, 0.1) is 29.3 Å². The van der Waals surface area contributed by atoms with Gasteiger partial charge in [0.1, 0.15) is 17.4 Å². The predicted molar refractivity (Wildman–Crippen MR) is 185 cm³/mol. The fourth-order valence-electron chi connectivity index (χ4n) is 5.88. The van der Waals surface area contributed by atoms with Gasteiger partial charge in [-0.05, 0) is 84.9 Å². The number of hydrogen-bond acceptors (Lipinski definition) is 7. The second-order valence-electron chi connectivity index (χ2n) is 12.5. The molecule has 0 fully saturated rings. The molecule has 0 spiro atoms. The van der Waals surface area contributed by atoms with E-state index in [0.29, 0.717) is 46.3 Å². The number of anilines is 1. The van der Waals surface area contributed by atoms with Gasteiger partial charge in [-0.1, -0.05) is 42.5 Å². The van der Waals surface area contributed by atoms with Crippen molar-refractivity contribution in [1.82, 2.24) is 16.0 Å². The lowest BCUT2D eigenvalue weighted by molar-refractivity contribution is -0.128. The average Bonchev–Trinajstić information content (AvgIpc) is 3.32. The standard InChI is InChI=1S/C36H41BrN4O6/c1-4-38-34(45)26-11-7-6-10-25(26)33-32(37)27-17-22(13-16-30(27)47-33)20-41-29-12-8-5-9-23(29)14-15-28(35(41)46)40-31(44)18-36(2,3)39-19-24(43)21-42/h5-13,16-17,24,28,39,42-43H,4,14-15,18-21H2,1-3H3,(H,38,45)(H,40,44)/t24-,28+/m0/s1. The summed E-state index contributed by atoms with van der Waals surface area (Å²) < 4.78 is 6.96. The maximum absolute atomic E-state index is 14.1. The average molecular weight is 706 g/mol. The zero-order valence-corrected chi connectivity index (χ0v) is 28.4. The Balaban J connectivity index is 1.40. The molecule has 248 valence electrons. The minimum atomic E-state index is -0.926. The quantitative estimate of drug-likeness (QED) is 0.144. The number of nitrogens with one attached hydrogen (secondary N) is 3. The molecule has 5 rings (SSSR count). The van der Waals surface area contributed by atoms with Crippen molar-refractivity contribution in [2.45, 2.75) is 64.3 Å². The number of aryl methyl sites for hydroxylation is 1. The summed E-state index contributed by atoms with van der Waals surface area (Å²) in [5.41, 5.74) is 3.84. The number of carbonyl (C=O) groups is 3. The highest BCUT2D eigenvalue weighted by molar-refractivity contribution is 9.10. The van der Waals surface area contributed by atoms with Crippen molar-refractivity contribution in [3.05, 3.63) is 87.9 Å². The molecule has 5 N–H and O–H groups in total. The molecule has 0 radical (unpaired) electrons.